The van der Waals surface area contributed by atoms with Gasteiger partial charge in [0.25, 0.3) is 0 Å². The van der Waals surface area contributed by atoms with Gasteiger partial charge in [-0.3, -0.25) is 0 Å². The zero-order valence-corrected chi connectivity index (χ0v) is 15.5. The first kappa shape index (κ1) is 17.1. The van der Waals surface area contributed by atoms with Gasteiger partial charge in [-0.05, 0) is 44.2 Å². The summed E-state index contributed by atoms with van der Waals surface area (Å²) in [5.74, 6) is 0.492. The molecule has 0 spiro atoms. The SMILES string of the molecule is COC[C@H]1CCCN1c1cccc2c1S(=O)(=O)N(C1CC1)CCCO2. The molecule has 4 rings (SSSR count). The minimum Gasteiger partial charge on any atom is -0.492 e. The summed E-state index contributed by atoms with van der Waals surface area (Å²) in [4.78, 5) is 2.54. The van der Waals surface area contributed by atoms with E-state index in [2.05, 4.69) is 4.90 Å². The number of hydrogen-bond donors (Lipinski definition) is 0. The molecule has 1 aromatic carbocycles. The van der Waals surface area contributed by atoms with Crippen LogP contribution in [0.3, 0.4) is 0 Å². The summed E-state index contributed by atoms with van der Waals surface area (Å²) >= 11 is 0. The number of fused-ring (bicyclic) bond motifs is 1. The largest absolute Gasteiger partial charge is 0.492 e. The first-order chi connectivity index (χ1) is 12.1. The Bertz CT molecular complexity index is 733. The van der Waals surface area contributed by atoms with Crippen molar-refractivity contribution in [3.05, 3.63) is 18.2 Å². The maximum Gasteiger partial charge on any atom is 0.249 e. The molecule has 2 fully saturated rings. The number of sulfonamides is 1. The maximum atomic E-state index is 13.5. The summed E-state index contributed by atoms with van der Waals surface area (Å²) in [7, 11) is -1.86. The number of benzene rings is 1. The van der Waals surface area contributed by atoms with E-state index in [0.717, 1.165) is 44.3 Å². The van der Waals surface area contributed by atoms with Crippen molar-refractivity contribution in [3.63, 3.8) is 0 Å². The van der Waals surface area contributed by atoms with Gasteiger partial charge in [0.2, 0.25) is 10.0 Å². The molecule has 2 aliphatic heterocycles. The minimum atomic E-state index is -3.56. The fourth-order valence-electron chi connectivity index (χ4n) is 4.00. The van der Waals surface area contributed by atoms with E-state index in [9.17, 15) is 8.42 Å². The zero-order chi connectivity index (χ0) is 17.4. The molecule has 3 aliphatic rings. The number of hydrogen-bond acceptors (Lipinski definition) is 5. The Labute approximate surface area is 149 Å². The number of ether oxygens (including phenoxy) is 2. The molecule has 0 radical (unpaired) electrons. The molecule has 0 bridgehead atoms. The molecule has 0 unspecified atom stereocenters. The van der Waals surface area contributed by atoms with Gasteiger partial charge in [-0.25, -0.2) is 8.42 Å². The van der Waals surface area contributed by atoms with Crippen molar-refractivity contribution in [1.29, 1.82) is 0 Å². The van der Waals surface area contributed by atoms with Crippen LogP contribution in [0.2, 0.25) is 0 Å². The fourth-order valence-corrected chi connectivity index (χ4v) is 6.04. The van der Waals surface area contributed by atoms with Gasteiger partial charge in [0.05, 0.1) is 24.9 Å². The molecule has 0 N–H and O–H groups in total. The van der Waals surface area contributed by atoms with Crippen molar-refractivity contribution in [2.24, 2.45) is 0 Å². The first-order valence-corrected chi connectivity index (χ1v) is 10.6. The average Bonchev–Trinajstić information content (AvgIpc) is 3.31. The molecule has 138 valence electrons. The quantitative estimate of drug-likeness (QED) is 0.818. The van der Waals surface area contributed by atoms with E-state index in [1.807, 2.05) is 12.1 Å². The van der Waals surface area contributed by atoms with Crippen LogP contribution in [-0.2, 0) is 14.8 Å². The van der Waals surface area contributed by atoms with E-state index in [4.69, 9.17) is 9.47 Å². The lowest BCUT2D eigenvalue weighted by atomic mass is 10.2. The normalized spacial score (nSPS) is 26.6. The molecule has 6 nitrogen and oxygen atoms in total. The molecule has 0 aromatic heterocycles. The van der Waals surface area contributed by atoms with Crippen molar-refractivity contribution < 1.29 is 17.9 Å². The monoisotopic (exact) mass is 366 g/mol. The van der Waals surface area contributed by atoms with Gasteiger partial charge >= 0.3 is 0 Å². The second-order valence-electron chi connectivity index (χ2n) is 7.10. The molecule has 1 saturated carbocycles. The fraction of sp³-hybridized carbons (Fsp3) is 0.667. The smallest absolute Gasteiger partial charge is 0.249 e. The molecular formula is C18H26N2O4S. The third kappa shape index (κ3) is 3.13. The lowest BCUT2D eigenvalue weighted by Crippen LogP contribution is -2.39. The van der Waals surface area contributed by atoms with Crippen molar-refractivity contribution >= 4 is 15.7 Å². The highest BCUT2D eigenvalue weighted by Gasteiger charge is 2.42. The standard InChI is InChI=1S/C18H26N2O4S/c1-23-13-15-5-3-10-19(15)16-6-2-7-17-18(16)25(21,22)20(14-8-9-14)11-4-12-24-17/h2,6-7,14-15H,3-5,8-13H2,1H3/t15-/m1/s1. The Balaban J connectivity index is 1.81. The number of rotatable bonds is 4. The van der Waals surface area contributed by atoms with Crippen molar-refractivity contribution in [2.45, 2.75) is 49.1 Å². The van der Waals surface area contributed by atoms with Crippen LogP contribution in [0.5, 0.6) is 5.75 Å². The molecular weight excluding hydrogens is 340 g/mol. The van der Waals surface area contributed by atoms with Crippen LogP contribution in [0.15, 0.2) is 23.1 Å². The molecule has 1 atom stereocenters. The average molecular weight is 366 g/mol. The summed E-state index contributed by atoms with van der Waals surface area (Å²) in [6.07, 6.45) is 4.73. The molecule has 1 saturated heterocycles. The second-order valence-corrected chi connectivity index (χ2v) is 8.93. The second kappa shape index (κ2) is 6.78. The van der Waals surface area contributed by atoms with Gasteiger partial charge in [0.1, 0.15) is 10.6 Å². The summed E-state index contributed by atoms with van der Waals surface area (Å²) in [5, 5.41) is 0. The number of anilines is 1. The van der Waals surface area contributed by atoms with Crippen LogP contribution in [0.4, 0.5) is 5.69 Å². The van der Waals surface area contributed by atoms with Crippen LogP contribution in [0.25, 0.3) is 0 Å². The Morgan fingerprint density at radius 1 is 1.20 bits per heavy atom. The predicted octanol–water partition coefficient (Wildman–Crippen LogP) is 2.24. The Kier molecular flexibility index (Phi) is 4.64. The van der Waals surface area contributed by atoms with Crippen LogP contribution >= 0.6 is 0 Å². The van der Waals surface area contributed by atoms with E-state index in [-0.39, 0.29) is 12.1 Å². The summed E-state index contributed by atoms with van der Waals surface area (Å²) in [5.41, 5.74) is 0.768. The third-order valence-corrected chi connectivity index (χ3v) is 7.33. The van der Waals surface area contributed by atoms with Crippen molar-refractivity contribution in [3.8, 4) is 5.75 Å². The summed E-state index contributed by atoms with van der Waals surface area (Å²) < 4.78 is 39.9. The van der Waals surface area contributed by atoms with Crippen LogP contribution in [0, 0.1) is 0 Å². The molecule has 1 aliphatic carbocycles. The minimum absolute atomic E-state index is 0.164. The lowest BCUT2D eigenvalue weighted by Gasteiger charge is -2.32. The zero-order valence-electron chi connectivity index (χ0n) is 14.7. The van der Waals surface area contributed by atoms with Crippen LogP contribution in [0.1, 0.15) is 32.1 Å². The molecule has 25 heavy (non-hydrogen) atoms. The van der Waals surface area contributed by atoms with Crippen molar-refractivity contribution in [2.75, 3.05) is 38.3 Å². The topological polar surface area (TPSA) is 59.1 Å². The highest BCUT2D eigenvalue weighted by molar-refractivity contribution is 7.89. The molecule has 7 heteroatoms. The van der Waals surface area contributed by atoms with Gasteiger partial charge < -0.3 is 14.4 Å². The van der Waals surface area contributed by atoms with Crippen LogP contribution in [-0.4, -0.2) is 58.2 Å². The van der Waals surface area contributed by atoms with Gasteiger partial charge in [-0.1, -0.05) is 6.07 Å². The first-order valence-electron chi connectivity index (χ1n) is 9.16. The van der Waals surface area contributed by atoms with Gasteiger partial charge in [-0.2, -0.15) is 4.31 Å². The van der Waals surface area contributed by atoms with E-state index >= 15 is 0 Å². The van der Waals surface area contributed by atoms with Crippen molar-refractivity contribution in [1.82, 2.24) is 4.31 Å². The lowest BCUT2D eigenvalue weighted by molar-refractivity contribution is 0.180. The Hall–Kier alpha value is -1.31. The molecule has 2 heterocycles. The number of methoxy groups -OCH3 is 1. The van der Waals surface area contributed by atoms with Crippen LogP contribution < -0.4 is 9.64 Å². The Morgan fingerprint density at radius 2 is 2.04 bits per heavy atom. The van der Waals surface area contributed by atoms with Gasteiger partial charge in [0, 0.05) is 26.2 Å². The van der Waals surface area contributed by atoms with E-state index in [1.165, 1.54) is 0 Å². The predicted molar refractivity (Wildman–Crippen MR) is 95.7 cm³/mol. The van der Waals surface area contributed by atoms with Gasteiger partial charge in [-0.15, -0.1) is 0 Å². The summed E-state index contributed by atoms with van der Waals surface area (Å²) in [6, 6.07) is 5.98. The molecule has 0 amide bonds. The maximum absolute atomic E-state index is 13.5. The Morgan fingerprint density at radius 3 is 2.80 bits per heavy atom. The number of nitrogens with zero attached hydrogens (tertiary/aromatic N) is 2. The van der Waals surface area contributed by atoms with Gasteiger partial charge in [0.15, 0.2) is 0 Å². The highest BCUT2D eigenvalue weighted by atomic mass is 32.2. The van der Waals surface area contributed by atoms with E-state index < -0.39 is 10.0 Å². The van der Waals surface area contributed by atoms with E-state index in [1.54, 1.807) is 17.5 Å². The third-order valence-electron chi connectivity index (χ3n) is 5.30. The highest BCUT2D eigenvalue weighted by Crippen LogP contribution is 2.42. The molecule has 1 aromatic rings. The van der Waals surface area contributed by atoms with E-state index in [0.29, 0.717) is 30.4 Å². The summed E-state index contributed by atoms with van der Waals surface area (Å²) in [6.45, 7) is 2.55.